The normalized spacial score (nSPS) is 11.1. The zero-order valence-electron chi connectivity index (χ0n) is 10.6. The first-order valence-corrected chi connectivity index (χ1v) is 6.97. The van der Waals surface area contributed by atoms with Crippen molar-refractivity contribution in [3.63, 3.8) is 0 Å². The predicted molar refractivity (Wildman–Crippen MR) is 76.8 cm³/mol. The van der Waals surface area contributed by atoms with Crippen LogP contribution < -0.4 is 10.8 Å². The maximum Gasteiger partial charge on any atom is 0.253 e. The minimum Gasteiger partial charge on any atom is -0.349 e. The Morgan fingerprint density at radius 3 is 2.89 bits per heavy atom. The number of thiophene rings is 1. The molecule has 5 heteroatoms. The first-order valence-electron chi connectivity index (χ1n) is 6.09. The van der Waals surface area contributed by atoms with Crippen molar-refractivity contribution in [2.75, 3.05) is 0 Å². The zero-order valence-corrected chi connectivity index (χ0v) is 11.4. The van der Waals surface area contributed by atoms with Crippen molar-refractivity contribution >= 4 is 40.8 Å². The van der Waals surface area contributed by atoms with Gasteiger partial charge in [-0.3, -0.25) is 4.79 Å². The third-order valence-electron chi connectivity index (χ3n) is 3.02. The Kier molecular flexibility index (Phi) is 4.02. The predicted octanol–water partition coefficient (Wildman–Crippen LogP) is 2.01. The fourth-order valence-corrected chi connectivity index (χ4v) is 2.74. The number of fused-ring (bicyclic) bond motifs is 1. The molecule has 1 amide bonds. The molecule has 3 nitrogen and oxygen atoms in total. The van der Waals surface area contributed by atoms with Gasteiger partial charge in [-0.05, 0) is 12.8 Å². The minimum absolute atomic E-state index is 0.0395. The maximum atomic E-state index is 12.2. The summed E-state index contributed by atoms with van der Waals surface area (Å²) in [6, 6.07) is 2.03. The van der Waals surface area contributed by atoms with Gasteiger partial charge in [-0.1, -0.05) is 25.4 Å². The molecule has 2 aromatic heterocycles. The van der Waals surface area contributed by atoms with Gasteiger partial charge in [0.2, 0.25) is 0 Å². The van der Waals surface area contributed by atoms with Crippen LogP contribution in [0.4, 0.5) is 0 Å². The number of amides is 1. The standard InChI is InChI=1S/C13H15BN2OS/c1-3-9(4-2)16-12(17)11-7-18-13-10(11)5-8(14)6-15-13/h5-7,9H,3-4H2,1-2H3,(H,16,17). The van der Waals surface area contributed by atoms with Crippen LogP contribution in [-0.2, 0) is 0 Å². The van der Waals surface area contributed by atoms with Gasteiger partial charge in [0.15, 0.2) is 0 Å². The number of nitrogens with zero attached hydrogens (tertiary/aromatic N) is 1. The van der Waals surface area contributed by atoms with E-state index in [1.54, 1.807) is 12.3 Å². The number of carbonyl (C=O) groups excluding carboxylic acids is 1. The van der Waals surface area contributed by atoms with Gasteiger partial charge >= 0.3 is 0 Å². The van der Waals surface area contributed by atoms with Crippen molar-refractivity contribution in [2.45, 2.75) is 32.7 Å². The fraction of sp³-hybridized carbons (Fsp3) is 0.385. The molecule has 0 saturated heterocycles. The number of hydrogen-bond acceptors (Lipinski definition) is 3. The van der Waals surface area contributed by atoms with Crippen molar-refractivity contribution in [3.8, 4) is 0 Å². The summed E-state index contributed by atoms with van der Waals surface area (Å²) in [5.41, 5.74) is 1.25. The molecule has 2 aromatic rings. The van der Waals surface area contributed by atoms with E-state index in [9.17, 15) is 4.79 Å². The third-order valence-corrected chi connectivity index (χ3v) is 3.92. The third kappa shape index (κ3) is 2.56. The van der Waals surface area contributed by atoms with E-state index in [-0.39, 0.29) is 11.9 Å². The zero-order chi connectivity index (χ0) is 13.1. The van der Waals surface area contributed by atoms with E-state index >= 15 is 0 Å². The Bertz CT molecular complexity index is 563. The molecule has 0 aliphatic rings. The molecule has 1 N–H and O–H groups in total. The number of carbonyl (C=O) groups is 1. The van der Waals surface area contributed by atoms with E-state index < -0.39 is 0 Å². The second-order valence-corrected chi connectivity index (χ2v) is 5.12. The van der Waals surface area contributed by atoms with Gasteiger partial charge in [0.25, 0.3) is 5.91 Å². The van der Waals surface area contributed by atoms with Gasteiger partial charge in [-0.15, -0.1) is 11.3 Å². The summed E-state index contributed by atoms with van der Waals surface area (Å²) in [6.07, 6.45) is 3.48. The van der Waals surface area contributed by atoms with Crippen LogP contribution in [0.25, 0.3) is 10.2 Å². The van der Waals surface area contributed by atoms with E-state index in [4.69, 9.17) is 7.85 Å². The highest BCUT2D eigenvalue weighted by Crippen LogP contribution is 2.23. The lowest BCUT2D eigenvalue weighted by atomic mass is 9.97. The molecule has 0 atom stereocenters. The first kappa shape index (κ1) is 13.1. The Labute approximate surface area is 112 Å². The van der Waals surface area contributed by atoms with Crippen molar-refractivity contribution in [3.05, 3.63) is 23.2 Å². The Morgan fingerprint density at radius 1 is 1.50 bits per heavy atom. The summed E-state index contributed by atoms with van der Waals surface area (Å²) in [6.45, 7) is 4.14. The van der Waals surface area contributed by atoms with E-state index in [0.29, 0.717) is 11.0 Å². The summed E-state index contributed by atoms with van der Waals surface area (Å²) in [5, 5.41) is 5.71. The van der Waals surface area contributed by atoms with Crippen molar-refractivity contribution < 1.29 is 4.79 Å². The summed E-state index contributed by atoms with van der Waals surface area (Å²) >= 11 is 1.47. The van der Waals surface area contributed by atoms with Gasteiger partial charge in [0, 0.05) is 23.0 Å². The number of nitrogens with one attached hydrogen (secondary N) is 1. The van der Waals surface area contributed by atoms with E-state index in [1.807, 2.05) is 5.38 Å². The monoisotopic (exact) mass is 258 g/mol. The second-order valence-electron chi connectivity index (χ2n) is 4.26. The van der Waals surface area contributed by atoms with Crippen LogP contribution in [0, 0.1) is 0 Å². The topological polar surface area (TPSA) is 42.0 Å². The van der Waals surface area contributed by atoms with Crippen LogP contribution in [0.15, 0.2) is 17.6 Å². The number of aromatic nitrogens is 1. The lowest BCUT2D eigenvalue weighted by Gasteiger charge is -2.14. The number of rotatable bonds is 4. The quantitative estimate of drug-likeness (QED) is 0.852. The average molecular weight is 258 g/mol. The Hall–Kier alpha value is -1.36. The summed E-state index contributed by atoms with van der Waals surface area (Å²) in [5.74, 6) is -0.0395. The van der Waals surface area contributed by atoms with Crippen molar-refractivity contribution in [2.24, 2.45) is 0 Å². The van der Waals surface area contributed by atoms with Crippen molar-refractivity contribution in [1.29, 1.82) is 0 Å². The molecule has 2 heterocycles. The molecule has 18 heavy (non-hydrogen) atoms. The van der Waals surface area contributed by atoms with Crippen LogP contribution >= 0.6 is 11.3 Å². The summed E-state index contributed by atoms with van der Waals surface area (Å²) in [4.78, 5) is 17.2. The van der Waals surface area contributed by atoms with Gasteiger partial charge in [-0.25, -0.2) is 4.98 Å². The minimum atomic E-state index is -0.0395. The Morgan fingerprint density at radius 2 is 2.22 bits per heavy atom. The van der Waals surface area contributed by atoms with Crippen LogP contribution in [0.5, 0.6) is 0 Å². The van der Waals surface area contributed by atoms with Gasteiger partial charge in [0.1, 0.15) is 12.7 Å². The van der Waals surface area contributed by atoms with Crippen LogP contribution in [0.2, 0.25) is 0 Å². The van der Waals surface area contributed by atoms with Crippen LogP contribution in [0.1, 0.15) is 37.0 Å². The molecular weight excluding hydrogens is 243 g/mol. The van der Waals surface area contributed by atoms with Gasteiger partial charge in [-0.2, -0.15) is 0 Å². The Balaban J connectivity index is 2.30. The van der Waals surface area contributed by atoms with E-state index in [1.165, 1.54) is 11.3 Å². The molecule has 0 aliphatic carbocycles. The molecule has 0 aliphatic heterocycles. The molecule has 0 fully saturated rings. The lowest BCUT2D eigenvalue weighted by Crippen LogP contribution is -2.33. The molecule has 0 saturated carbocycles. The highest BCUT2D eigenvalue weighted by atomic mass is 32.1. The molecular formula is C13H15BN2OS. The smallest absolute Gasteiger partial charge is 0.253 e. The molecule has 0 bridgehead atoms. The maximum absolute atomic E-state index is 12.2. The molecule has 0 aromatic carbocycles. The highest BCUT2D eigenvalue weighted by Gasteiger charge is 2.15. The van der Waals surface area contributed by atoms with Crippen LogP contribution in [-0.4, -0.2) is 24.8 Å². The SMILES string of the molecule is [B]c1cnc2scc(C(=O)NC(CC)CC)c2c1. The van der Waals surface area contributed by atoms with Crippen molar-refractivity contribution in [1.82, 2.24) is 10.3 Å². The number of hydrogen-bond donors (Lipinski definition) is 1. The van der Waals surface area contributed by atoms with Gasteiger partial charge < -0.3 is 5.32 Å². The van der Waals surface area contributed by atoms with E-state index in [2.05, 4.69) is 24.1 Å². The summed E-state index contributed by atoms with van der Waals surface area (Å²) in [7, 11) is 5.72. The molecule has 0 spiro atoms. The fourth-order valence-electron chi connectivity index (χ4n) is 1.87. The second kappa shape index (κ2) is 5.52. The largest absolute Gasteiger partial charge is 0.349 e. The van der Waals surface area contributed by atoms with Crippen LogP contribution in [0.3, 0.4) is 0 Å². The summed E-state index contributed by atoms with van der Waals surface area (Å²) < 4.78 is 0. The molecule has 2 radical (unpaired) electrons. The lowest BCUT2D eigenvalue weighted by molar-refractivity contribution is 0.0937. The van der Waals surface area contributed by atoms with Gasteiger partial charge in [0.05, 0.1) is 5.56 Å². The highest BCUT2D eigenvalue weighted by molar-refractivity contribution is 7.17. The molecule has 0 unspecified atom stereocenters. The molecule has 2 rings (SSSR count). The number of pyridine rings is 1. The molecule has 92 valence electrons. The van der Waals surface area contributed by atoms with E-state index in [0.717, 1.165) is 23.1 Å². The average Bonchev–Trinajstić information content (AvgIpc) is 2.78. The first-order chi connectivity index (χ1) is 8.65.